The highest BCUT2D eigenvalue weighted by Gasteiger charge is 2.37. The number of rotatable bonds is 2. The van der Waals surface area contributed by atoms with E-state index in [0.29, 0.717) is 5.56 Å². The lowest BCUT2D eigenvalue weighted by Crippen LogP contribution is -2.54. The highest BCUT2D eigenvalue weighted by Crippen LogP contribution is 2.29. The van der Waals surface area contributed by atoms with Gasteiger partial charge in [-0.25, -0.2) is 9.69 Å². The highest BCUT2D eigenvalue weighted by atomic mass is 35.5. The van der Waals surface area contributed by atoms with Gasteiger partial charge in [0.15, 0.2) is 0 Å². The first kappa shape index (κ1) is 17.1. The Hall–Kier alpha value is -3.38. The van der Waals surface area contributed by atoms with Crippen LogP contribution in [0.15, 0.2) is 60.3 Å². The number of benzene rings is 2. The van der Waals surface area contributed by atoms with Crippen molar-refractivity contribution in [1.29, 1.82) is 0 Å². The number of nitrogens with one attached hydrogen (secondary N) is 1. The van der Waals surface area contributed by atoms with Crippen molar-refractivity contribution in [1.82, 2.24) is 9.88 Å². The van der Waals surface area contributed by atoms with Gasteiger partial charge in [-0.15, -0.1) is 0 Å². The van der Waals surface area contributed by atoms with Crippen molar-refractivity contribution in [3.63, 3.8) is 0 Å². The Morgan fingerprint density at radius 3 is 2.48 bits per heavy atom. The molecule has 1 N–H and O–H groups in total. The van der Waals surface area contributed by atoms with Crippen LogP contribution in [0.4, 0.5) is 10.5 Å². The van der Waals surface area contributed by atoms with Crippen molar-refractivity contribution in [2.24, 2.45) is 7.05 Å². The number of carbonyl (C=O) groups excluding carboxylic acids is 3. The third-order valence-corrected chi connectivity index (χ3v) is 4.74. The van der Waals surface area contributed by atoms with E-state index in [-0.39, 0.29) is 16.3 Å². The average Bonchev–Trinajstić information content (AvgIpc) is 2.96. The van der Waals surface area contributed by atoms with Crippen molar-refractivity contribution in [3.05, 3.63) is 70.9 Å². The SMILES string of the molecule is Cn1cc(C=C2C(=O)NC(=O)N(c3ccccc3Cl)C2=O)c2ccccc21. The van der Waals surface area contributed by atoms with Crippen LogP contribution in [-0.2, 0) is 16.6 Å². The van der Waals surface area contributed by atoms with E-state index in [0.717, 1.165) is 15.8 Å². The van der Waals surface area contributed by atoms with Gasteiger partial charge in [-0.2, -0.15) is 0 Å². The van der Waals surface area contributed by atoms with Crippen molar-refractivity contribution >= 4 is 52.1 Å². The van der Waals surface area contributed by atoms with Gasteiger partial charge in [0.25, 0.3) is 11.8 Å². The van der Waals surface area contributed by atoms with Crippen LogP contribution < -0.4 is 10.2 Å². The molecule has 3 aromatic rings. The Balaban J connectivity index is 1.83. The molecule has 1 fully saturated rings. The van der Waals surface area contributed by atoms with Crippen LogP contribution in [0.3, 0.4) is 0 Å². The second-order valence-corrected chi connectivity index (χ2v) is 6.53. The average molecular weight is 380 g/mol. The Morgan fingerprint density at radius 1 is 1.00 bits per heavy atom. The molecule has 2 heterocycles. The van der Waals surface area contributed by atoms with Crippen molar-refractivity contribution in [3.8, 4) is 0 Å². The lowest BCUT2D eigenvalue weighted by atomic mass is 10.1. The largest absolute Gasteiger partial charge is 0.350 e. The number of barbiturate groups is 1. The van der Waals surface area contributed by atoms with E-state index in [1.54, 1.807) is 24.3 Å². The predicted molar refractivity (Wildman–Crippen MR) is 103 cm³/mol. The first-order valence-electron chi connectivity index (χ1n) is 8.17. The fourth-order valence-electron chi connectivity index (χ4n) is 3.15. The predicted octanol–water partition coefficient (Wildman–Crippen LogP) is 3.50. The molecule has 1 aliphatic heterocycles. The van der Waals surface area contributed by atoms with Crippen LogP contribution in [0.2, 0.25) is 5.02 Å². The monoisotopic (exact) mass is 379 g/mol. The summed E-state index contributed by atoms with van der Waals surface area (Å²) in [5.41, 5.74) is 1.76. The summed E-state index contributed by atoms with van der Waals surface area (Å²) in [6.07, 6.45) is 3.32. The van der Waals surface area contributed by atoms with Gasteiger partial charge in [0, 0.05) is 29.7 Å². The molecule has 1 aliphatic rings. The summed E-state index contributed by atoms with van der Waals surface area (Å²) in [5.74, 6) is -1.45. The summed E-state index contributed by atoms with van der Waals surface area (Å²) in [6.45, 7) is 0. The van der Waals surface area contributed by atoms with Crippen molar-refractivity contribution in [2.45, 2.75) is 0 Å². The molecule has 1 aromatic heterocycles. The van der Waals surface area contributed by atoms with Gasteiger partial charge >= 0.3 is 6.03 Å². The zero-order valence-electron chi connectivity index (χ0n) is 14.3. The van der Waals surface area contributed by atoms with E-state index >= 15 is 0 Å². The van der Waals surface area contributed by atoms with E-state index in [4.69, 9.17) is 11.6 Å². The number of amides is 4. The quantitative estimate of drug-likeness (QED) is 0.547. The highest BCUT2D eigenvalue weighted by molar-refractivity contribution is 6.42. The zero-order valence-corrected chi connectivity index (χ0v) is 15.0. The molecule has 0 saturated carbocycles. The third kappa shape index (κ3) is 2.80. The molecular formula is C20H14ClN3O3. The Bertz CT molecular complexity index is 1150. The van der Waals surface area contributed by atoms with Crippen molar-refractivity contribution in [2.75, 3.05) is 4.90 Å². The summed E-state index contributed by atoms with van der Waals surface area (Å²) >= 11 is 6.13. The second-order valence-electron chi connectivity index (χ2n) is 6.12. The zero-order chi connectivity index (χ0) is 19.1. The van der Waals surface area contributed by atoms with Gasteiger partial charge in [0.2, 0.25) is 0 Å². The lowest BCUT2D eigenvalue weighted by Gasteiger charge is -2.26. The van der Waals surface area contributed by atoms with Gasteiger partial charge in [0.05, 0.1) is 10.7 Å². The number of anilines is 1. The van der Waals surface area contributed by atoms with Gasteiger partial charge < -0.3 is 4.57 Å². The number of imide groups is 2. The molecule has 134 valence electrons. The normalized spacial score (nSPS) is 16.3. The number of nitrogens with zero attached hydrogens (tertiary/aromatic N) is 2. The van der Waals surface area contributed by atoms with Crippen LogP contribution in [0, 0.1) is 0 Å². The number of halogens is 1. The van der Waals surface area contributed by atoms with Crippen LogP contribution in [0.25, 0.3) is 17.0 Å². The molecule has 0 aliphatic carbocycles. The van der Waals surface area contributed by atoms with Gasteiger partial charge in [-0.05, 0) is 24.3 Å². The number of hydrogen-bond donors (Lipinski definition) is 1. The molecule has 2 aromatic carbocycles. The molecular weight excluding hydrogens is 366 g/mol. The van der Waals surface area contributed by atoms with Crippen LogP contribution >= 0.6 is 11.6 Å². The number of urea groups is 1. The van der Waals surface area contributed by atoms with E-state index < -0.39 is 17.8 Å². The minimum Gasteiger partial charge on any atom is -0.350 e. The molecule has 0 spiro atoms. The fourth-order valence-corrected chi connectivity index (χ4v) is 3.37. The molecule has 0 atom stereocenters. The van der Waals surface area contributed by atoms with Crippen molar-refractivity contribution < 1.29 is 14.4 Å². The van der Waals surface area contributed by atoms with E-state index in [1.165, 1.54) is 6.08 Å². The minimum atomic E-state index is -0.826. The molecule has 0 radical (unpaired) electrons. The fraction of sp³-hybridized carbons (Fsp3) is 0.0500. The maximum Gasteiger partial charge on any atom is 0.335 e. The second kappa shape index (κ2) is 6.41. The molecule has 7 heteroatoms. The standard InChI is InChI=1S/C20H14ClN3O3/c1-23-11-12(13-6-2-4-8-16(13)23)10-14-18(25)22-20(27)24(19(14)26)17-9-5-3-7-15(17)21/h2-11H,1H3,(H,22,25,27). The molecule has 6 nitrogen and oxygen atoms in total. The Kier molecular flexibility index (Phi) is 4.05. The van der Waals surface area contributed by atoms with E-state index in [2.05, 4.69) is 5.32 Å². The number of aryl methyl sites for hydroxylation is 1. The molecule has 4 rings (SSSR count). The topological polar surface area (TPSA) is 71.4 Å². The molecule has 27 heavy (non-hydrogen) atoms. The van der Waals surface area contributed by atoms with Gasteiger partial charge in [-0.1, -0.05) is 41.9 Å². The van der Waals surface area contributed by atoms with Gasteiger partial charge in [0.1, 0.15) is 5.57 Å². The van der Waals surface area contributed by atoms with Crippen LogP contribution in [0.5, 0.6) is 0 Å². The van der Waals surface area contributed by atoms with Crippen LogP contribution in [-0.4, -0.2) is 22.4 Å². The number of aromatic nitrogens is 1. The molecule has 4 amide bonds. The summed E-state index contributed by atoms with van der Waals surface area (Å²) in [4.78, 5) is 38.4. The maximum atomic E-state index is 13.0. The number of fused-ring (bicyclic) bond motifs is 1. The molecule has 0 bridgehead atoms. The van der Waals surface area contributed by atoms with E-state index in [9.17, 15) is 14.4 Å². The summed E-state index contributed by atoms with van der Waals surface area (Å²) in [5, 5.41) is 3.34. The first-order chi connectivity index (χ1) is 13.0. The summed E-state index contributed by atoms with van der Waals surface area (Å²) in [6, 6.07) is 13.3. The molecule has 1 saturated heterocycles. The Morgan fingerprint density at radius 2 is 1.70 bits per heavy atom. The van der Waals surface area contributed by atoms with Crippen LogP contribution in [0.1, 0.15) is 5.56 Å². The third-order valence-electron chi connectivity index (χ3n) is 4.42. The number of para-hydroxylation sites is 2. The maximum absolute atomic E-state index is 13.0. The Labute approximate surface area is 159 Å². The lowest BCUT2D eigenvalue weighted by molar-refractivity contribution is -0.122. The smallest absolute Gasteiger partial charge is 0.335 e. The minimum absolute atomic E-state index is 0.133. The summed E-state index contributed by atoms with van der Waals surface area (Å²) < 4.78 is 1.91. The summed E-state index contributed by atoms with van der Waals surface area (Å²) in [7, 11) is 1.88. The van der Waals surface area contributed by atoms with Gasteiger partial charge in [-0.3, -0.25) is 14.9 Å². The molecule has 0 unspecified atom stereocenters. The number of hydrogen-bond acceptors (Lipinski definition) is 3. The van der Waals surface area contributed by atoms with E-state index in [1.807, 2.05) is 42.1 Å². The first-order valence-corrected chi connectivity index (χ1v) is 8.55. The number of carbonyl (C=O) groups is 3.